The lowest BCUT2D eigenvalue weighted by molar-refractivity contribution is -0.231. The Balaban J connectivity index is 1.23. The molecule has 7 heteroatoms. The molecule has 188 valence electrons. The number of hydrogen-bond acceptors (Lipinski definition) is 6. The second-order valence-electron chi connectivity index (χ2n) is 12.1. The van der Waals surface area contributed by atoms with Crippen LogP contribution in [0.1, 0.15) is 48.8 Å². The van der Waals surface area contributed by atoms with Crippen LogP contribution in [-0.2, 0) is 23.2 Å². The molecule has 3 unspecified atom stereocenters. The first-order chi connectivity index (χ1) is 17.5. The number of ether oxygens (including phenoxy) is 1. The molecule has 4 bridgehead atoms. The van der Waals surface area contributed by atoms with Crippen molar-refractivity contribution in [2.75, 3.05) is 13.1 Å². The van der Waals surface area contributed by atoms with E-state index >= 15 is 0 Å². The fourth-order valence-electron chi connectivity index (χ4n) is 8.73. The maximum absolute atomic E-state index is 13.7. The molecule has 4 heterocycles. The Labute approximate surface area is 210 Å². The van der Waals surface area contributed by atoms with E-state index in [1.165, 1.54) is 18.4 Å². The van der Waals surface area contributed by atoms with Gasteiger partial charge in [-0.2, -0.15) is 0 Å². The Bertz CT molecular complexity index is 1260. The largest absolute Gasteiger partial charge is 0.504 e. The molecule has 2 aromatic rings. The third-order valence-corrected chi connectivity index (χ3v) is 10.4. The molecule has 2 spiro atoms. The molecule has 5 fully saturated rings. The van der Waals surface area contributed by atoms with Crippen LogP contribution < -0.4 is 15.4 Å². The van der Waals surface area contributed by atoms with Gasteiger partial charge in [0, 0.05) is 30.2 Å². The van der Waals surface area contributed by atoms with E-state index in [1.54, 1.807) is 6.07 Å². The minimum absolute atomic E-state index is 0.139. The molecule has 9 rings (SSSR count). The molecule has 2 aromatic carbocycles. The number of carbonyl (C=O) groups excluding carboxylic acids is 1. The first kappa shape index (κ1) is 21.5. The highest BCUT2D eigenvalue weighted by molar-refractivity contribution is 5.85. The van der Waals surface area contributed by atoms with E-state index < -0.39 is 23.2 Å². The molecule has 2 saturated carbocycles. The molecule has 6 atom stereocenters. The van der Waals surface area contributed by atoms with Gasteiger partial charge in [0.05, 0.1) is 5.41 Å². The summed E-state index contributed by atoms with van der Waals surface area (Å²) in [7, 11) is 0. The normalized spacial score (nSPS) is 39.4. The van der Waals surface area contributed by atoms with Crippen molar-refractivity contribution in [1.29, 1.82) is 0 Å². The van der Waals surface area contributed by atoms with E-state index in [0.717, 1.165) is 49.4 Å². The summed E-state index contributed by atoms with van der Waals surface area (Å²) in [6, 6.07) is 13.1. The summed E-state index contributed by atoms with van der Waals surface area (Å²) >= 11 is 0. The number of likely N-dealkylation sites (tertiary alicyclic amines) is 1. The van der Waals surface area contributed by atoms with Crippen LogP contribution in [0.15, 0.2) is 42.5 Å². The van der Waals surface area contributed by atoms with E-state index in [1.807, 2.05) is 30.3 Å². The van der Waals surface area contributed by atoms with Gasteiger partial charge in [0.25, 0.3) is 0 Å². The van der Waals surface area contributed by atoms with Crippen LogP contribution in [0.25, 0.3) is 0 Å². The van der Waals surface area contributed by atoms with Crippen molar-refractivity contribution in [3.8, 4) is 11.5 Å². The summed E-state index contributed by atoms with van der Waals surface area (Å²) in [5.41, 5.74) is 1.16. The van der Waals surface area contributed by atoms with Crippen molar-refractivity contribution in [3.05, 3.63) is 59.2 Å². The zero-order valence-corrected chi connectivity index (χ0v) is 20.4. The van der Waals surface area contributed by atoms with E-state index in [0.29, 0.717) is 18.7 Å². The number of fused-ring (bicyclic) bond motifs is 2. The number of nitrogens with one attached hydrogen (secondary N) is 2. The summed E-state index contributed by atoms with van der Waals surface area (Å²) in [4.78, 5) is 16.4. The van der Waals surface area contributed by atoms with Crippen LogP contribution in [0.5, 0.6) is 11.5 Å². The van der Waals surface area contributed by atoms with Crippen molar-refractivity contribution in [3.63, 3.8) is 0 Å². The summed E-state index contributed by atoms with van der Waals surface area (Å²) in [6.07, 6.45) is 5.09. The average molecular weight is 488 g/mol. The standard InChI is InChI=1S/C29H33N3O4/c33-20-9-8-19-14-21-29-11-10-28(35,24(31-29)25(34)30-15-17-4-2-1-3-5-17)26-27(29,22(19)23(20)36-26)12-13-32(21)16-18-6-7-18/h1-5,8-9,18,21,24,26,31,33,35H,6-7,10-16H2,(H,30,34)/t21?,24-,26?,27?,28+,29+/m0/s1. The fourth-order valence-corrected chi connectivity index (χ4v) is 8.73. The van der Waals surface area contributed by atoms with E-state index in [9.17, 15) is 15.0 Å². The number of aromatic hydroxyl groups is 1. The van der Waals surface area contributed by atoms with Crippen LogP contribution in [0, 0.1) is 5.92 Å². The highest BCUT2D eigenvalue weighted by Crippen LogP contribution is 2.69. The van der Waals surface area contributed by atoms with Crippen LogP contribution >= 0.6 is 0 Å². The number of phenolic OH excluding ortho intramolecular Hbond substituents is 1. The van der Waals surface area contributed by atoms with Crippen LogP contribution in [0.2, 0.25) is 0 Å². The SMILES string of the molecule is O=C(NCc1ccccc1)[C@@H]1N[C@@]23CC[C@]1(O)C1Oc4c(O)ccc5c4C12CCN(CC1CC1)C3C5. The van der Waals surface area contributed by atoms with E-state index in [-0.39, 0.29) is 23.2 Å². The van der Waals surface area contributed by atoms with Crippen LogP contribution in [0.3, 0.4) is 0 Å². The maximum Gasteiger partial charge on any atom is 0.240 e. The Morgan fingerprint density at radius 3 is 2.78 bits per heavy atom. The summed E-state index contributed by atoms with van der Waals surface area (Å²) in [5, 5.41) is 30.0. The number of carbonyl (C=O) groups is 1. The summed E-state index contributed by atoms with van der Waals surface area (Å²) in [5.74, 6) is 1.26. The second kappa shape index (κ2) is 7.03. The quantitative estimate of drug-likeness (QED) is 0.516. The molecule has 0 radical (unpaired) electrons. The number of nitrogens with zero attached hydrogens (tertiary/aromatic N) is 1. The fraction of sp³-hybridized carbons (Fsp3) is 0.552. The Morgan fingerprint density at radius 1 is 1.14 bits per heavy atom. The first-order valence-corrected chi connectivity index (χ1v) is 13.5. The molecular formula is C29H33N3O4. The molecule has 4 aliphatic heterocycles. The predicted molar refractivity (Wildman–Crippen MR) is 133 cm³/mol. The third-order valence-electron chi connectivity index (χ3n) is 10.4. The molecule has 0 aromatic heterocycles. The van der Waals surface area contributed by atoms with E-state index in [4.69, 9.17) is 4.74 Å². The van der Waals surface area contributed by atoms with Gasteiger partial charge in [0.2, 0.25) is 5.91 Å². The smallest absolute Gasteiger partial charge is 0.240 e. The number of amides is 1. The number of piperidine rings is 3. The van der Waals surface area contributed by atoms with Crippen molar-refractivity contribution in [1.82, 2.24) is 15.5 Å². The van der Waals surface area contributed by atoms with E-state index in [2.05, 4.69) is 21.6 Å². The van der Waals surface area contributed by atoms with Crippen molar-refractivity contribution >= 4 is 5.91 Å². The molecule has 3 saturated heterocycles. The molecule has 7 aliphatic rings. The molecular weight excluding hydrogens is 454 g/mol. The second-order valence-corrected chi connectivity index (χ2v) is 12.1. The lowest BCUT2D eigenvalue weighted by Gasteiger charge is -2.73. The monoisotopic (exact) mass is 487 g/mol. The van der Waals surface area contributed by atoms with Gasteiger partial charge in [-0.3, -0.25) is 15.0 Å². The zero-order chi connectivity index (χ0) is 24.3. The number of rotatable bonds is 5. The lowest BCUT2D eigenvalue weighted by atomic mass is 9.41. The molecule has 3 aliphatic carbocycles. The first-order valence-electron chi connectivity index (χ1n) is 13.5. The number of hydrogen-bond donors (Lipinski definition) is 4. The Kier molecular flexibility index (Phi) is 4.19. The van der Waals surface area contributed by atoms with Gasteiger partial charge in [-0.1, -0.05) is 36.4 Å². The minimum Gasteiger partial charge on any atom is -0.504 e. The highest BCUT2D eigenvalue weighted by Gasteiger charge is 2.81. The zero-order valence-electron chi connectivity index (χ0n) is 20.4. The van der Waals surface area contributed by atoms with Crippen LogP contribution in [0.4, 0.5) is 0 Å². The molecule has 4 N–H and O–H groups in total. The number of phenols is 1. The average Bonchev–Trinajstić information content (AvgIpc) is 3.63. The van der Waals surface area contributed by atoms with Crippen molar-refractivity contribution in [2.24, 2.45) is 5.92 Å². The predicted octanol–water partition coefficient (Wildman–Crippen LogP) is 1.98. The lowest BCUT2D eigenvalue weighted by Crippen LogP contribution is -2.92. The van der Waals surface area contributed by atoms with Gasteiger partial charge < -0.3 is 20.3 Å². The van der Waals surface area contributed by atoms with Gasteiger partial charge >= 0.3 is 0 Å². The number of benzene rings is 2. The summed E-state index contributed by atoms with van der Waals surface area (Å²) in [6.45, 7) is 2.48. The highest BCUT2D eigenvalue weighted by atomic mass is 16.5. The van der Waals surface area contributed by atoms with Crippen molar-refractivity contribution in [2.45, 2.75) is 79.8 Å². The van der Waals surface area contributed by atoms with Gasteiger partial charge in [-0.05, 0) is 68.2 Å². The Morgan fingerprint density at radius 2 is 1.97 bits per heavy atom. The molecule has 36 heavy (non-hydrogen) atoms. The minimum atomic E-state index is -1.36. The summed E-state index contributed by atoms with van der Waals surface area (Å²) < 4.78 is 6.57. The van der Waals surface area contributed by atoms with Gasteiger partial charge in [-0.15, -0.1) is 0 Å². The maximum atomic E-state index is 13.7. The molecule has 7 nitrogen and oxygen atoms in total. The van der Waals surface area contributed by atoms with Crippen molar-refractivity contribution < 1.29 is 19.7 Å². The van der Waals surface area contributed by atoms with Gasteiger partial charge in [0.1, 0.15) is 17.7 Å². The van der Waals surface area contributed by atoms with Gasteiger partial charge in [0.15, 0.2) is 11.5 Å². The third kappa shape index (κ3) is 2.51. The topological polar surface area (TPSA) is 94.1 Å². The Hall–Kier alpha value is -2.61. The van der Waals surface area contributed by atoms with Crippen LogP contribution in [-0.4, -0.2) is 63.4 Å². The van der Waals surface area contributed by atoms with Gasteiger partial charge in [-0.25, -0.2) is 0 Å². The molecule has 1 amide bonds. The number of aliphatic hydroxyl groups is 1.